The van der Waals surface area contributed by atoms with E-state index in [1.807, 2.05) is 0 Å². The van der Waals surface area contributed by atoms with Crippen molar-refractivity contribution in [2.45, 2.75) is 52.2 Å². The lowest BCUT2D eigenvalue weighted by atomic mass is 10.1. The molecule has 0 unspecified atom stereocenters. The van der Waals surface area contributed by atoms with Crippen molar-refractivity contribution in [2.24, 2.45) is 5.73 Å². The molecule has 0 spiro atoms. The zero-order valence-corrected chi connectivity index (χ0v) is 22.7. The van der Waals surface area contributed by atoms with Gasteiger partial charge in [-0.15, -0.1) is 11.3 Å². The lowest BCUT2D eigenvalue weighted by Gasteiger charge is -2.34. The summed E-state index contributed by atoms with van der Waals surface area (Å²) in [4.78, 5) is 51.3. The molecule has 1 aromatic carbocycles. The smallest absolute Gasteiger partial charge is 0.410 e. The van der Waals surface area contributed by atoms with E-state index in [2.05, 4.69) is 22.5 Å². The highest BCUT2D eigenvalue weighted by Crippen LogP contribution is 2.27. The van der Waals surface area contributed by atoms with Gasteiger partial charge in [-0.1, -0.05) is 11.8 Å². The maximum atomic E-state index is 13.1. The summed E-state index contributed by atoms with van der Waals surface area (Å²) >= 11 is 1.11. The summed E-state index contributed by atoms with van der Waals surface area (Å²) in [5.74, 6) is 5.16. The van der Waals surface area contributed by atoms with E-state index in [1.165, 1.54) is 0 Å². The number of primary amides is 1. The van der Waals surface area contributed by atoms with Gasteiger partial charge >= 0.3 is 18.1 Å². The Morgan fingerprint density at radius 3 is 2.50 bits per heavy atom. The average molecular weight is 541 g/mol. The average Bonchev–Trinajstić information content (AvgIpc) is 3.24. The van der Waals surface area contributed by atoms with Gasteiger partial charge in [0.1, 0.15) is 10.5 Å². The van der Waals surface area contributed by atoms with Gasteiger partial charge < -0.3 is 30.7 Å². The second kappa shape index (κ2) is 12.5. The number of esters is 1. The molecule has 38 heavy (non-hydrogen) atoms. The Morgan fingerprint density at radius 2 is 1.87 bits per heavy atom. The molecule has 1 atom stereocenters. The van der Waals surface area contributed by atoms with E-state index >= 15 is 0 Å². The molecule has 4 N–H and O–H groups in total. The number of benzene rings is 1. The number of carbonyl (C=O) groups excluding carboxylic acids is 4. The maximum Gasteiger partial charge on any atom is 0.410 e. The van der Waals surface area contributed by atoms with Crippen LogP contribution in [0.4, 0.5) is 15.3 Å². The van der Waals surface area contributed by atoms with Crippen molar-refractivity contribution in [3.8, 4) is 11.8 Å². The fourth-order valence-electron chi connectivity index (χ4n) is 3.72. The normalized spacial score (nSPS) is 15.1. The Kier molecular flexibility index (Phi) is 9.36. The number of nitrogens with one attached hydrogen (secondary N) is 2. The van der Waals surface area contributed by atoms with Crippen molar-refractivity contribution in [3.05, 3.63) is 51.2 Å². The molecule has 1 aliphatic rings. The Labute approximate surface area is 225 Å². The summed E-state index contributed by atoms with van der Waals surface area (Å²) < 4.78 is 10.4. The van der Waals surface area contributed by atoms with Crippen LogP contribution in [0, 0.1) is 11.8 Å². The molecule has 202 valence electrons. The number of piperidine rings is 1. The largest absolute Gasteiger partial charge is 0.462 e. The lowest BCUT2D eigenvalue weighted by Crippen LogP contribution is -2.50. The molecule has 0 saturated carbocycles. The summed E-state index contributed by atoms with van der Waals surface area (Å²) in [7, 11) is 0. The number of urea groups is 1. The quantitative estimate of drug-likeness (QED) is 0.388. The van der Waals surface area contributed by atoms with Crippen molar-refractivity contribution >= 4 is 41.0 Å². The van der Waals surface area contributed by atoms with Gasteiger partial charge in [0.15, 0.2) is 0 Å². The molecular weight excluding hydrogens is 508 g/mol. The highest BCUT2D eigenvalue weighted by Gasteiger charge is 2.29. The van der Waals surface area contributed by atoms with Gasteiger partial charge in [-0.2, -0.15) is 0 Å². The highest BCUT2D eigenvalue weighted by molar-refractivity contribution is 7.15. The number of amides is 4. The number of hydrogen-bond acceptors (Lipinski definition) is 7. The van der Waals surface area contributed by atoms with E-state index in [-0.39, 0.29) is 16.6 Å². The number of rotatable bonds is 5. The minimum absolute atomic E-state index is 0.250. The fraction of sp³-hybridized carbons (Fsp3) is 0.407. The summed E-state index contributed by atoms with van der Waals surface area (Å²) in [5.41, 5.74) is 6.03. The van der Waals surface area contributed by atoms with Crippen LogP contribution in [-0.4, -0.2) is 60.2 Å². The molecule has 11 heteroatoms. The third-order valence-electron chi connectivity index (χ3n) is 5.33. The summed E-state index contributed by atoms with van der Waals surface area (Å²) in [5, 5.41) is 5.43. The lowest BCUT2D eigenvalue weighted by molar-refractivity contribution is 0.0185. The standard InChI is InChI=1S/C27H32N4O6S/c1-5-36-24(33)18-11-8-17(9-12-18)10-13-20-15-21(30-25(28)34)22(38-20)23(32)29-19-7-6-14-31(16-19)26(35)37-27(2,3)4/h8-9,11-12,15,19H,5-7,14,16H2,1-4H3,(H,29,32)(H3,28,30,34)/t19-/m0/s1. The topological polar surface area (TPSA) is 140 Å². The predicted octanol–water partition coefficient (Wildman–Crippen LogP) is 3.94. The third-order valence-corrected chi connectivity index (χ3v) is 6.38. The molecule has 1 fully saturated rings. The second-order valence-electron chi connectivity index (χ2n) is 9.63. The van der Waals surface area contributed by atoms with E-state index in [4.69, 9.17) is 15.2 Å². The molecule has 2 aromatic rings. The Hall–Kier alpha value is -4.04. The molecule has 0 aliphatic carbocycles. The SMILES string of the molecule is CCOC(=O)c1ccc(C#Cc2cc(NC(N)=O)c(C(=O)N[C@H]3CCCN(C(=O)OC(C)(C)C)C3)s2)cc1. The molecule has 0 bridgehead atoms. The molecule has 1 saturated heterocycles. The molecule has 0 radical (unpaired) electrons. The van der Waals surface area contributed by atoms with E-state index in [9.17, 15) is 19.2 Å². The van der Waals surface area contributed by atoms with Crippen LogP contribution < -0.4 is 16.4 Å². The van der Waals surface area contributed by atoms with Crippen LogP contribution in [-0.2, 0) is 9.47 Å². The Morgan fingerprint density at radius 1 is 1.16 bits per heavy atom. The van der Waals surface area contributed by atoms with Gasteiger partial charge in [0.05, 0.1) is 22.7 Å². The van der Waals surface area contributed by atoms with E-state index < -0.39 is 29.6 Å². The van der Waals surface area contributed by atoms with Crippen molar-refractivity contribution in [3.63, 3.8) is 0 Å². The first-order chi connectivity index (χ1) is 17.9. The molecule has 1 aliphatic heterocycles. The molecule has 2 heterocycles. The minimum Gasteiger partial charge on any atom is -0.462 e. The zero-order chi connectivity index (χ0) is 27.9. The number of hydrogen-bond donors (Lipinski definition) is 3. The third kappa shape index (κ3) is 8.24. The predicted molar refractivity (Wildman–Crippen MR) is 144 cm³/mol. The van der Waals surface area contributed by atoms with Crippen LogP contribution in [0.1, 0.15) is 71.0 Å². The molecule has 10 nitrogen and oxygen atoms in total. The number of nitrogens with zero attached hydrogens (tertiary/aromatic N) is 1. The maximum absolute atomic E-state index is 13.1. The summed E-state index contributed by atoms with van der Waals surface area (Å²) in [6, 6.07) is 7.14. The van der Waals surface area contributed by atoms with Crippen molar-refractivity contribution < 1.29 is 28.7 Å². The zero-order valence-electron chi connectivity index (χ0n) is 21.9. The first kappa shape index (κ1) is 28.5. The minimum atomic E-state index is -0.806. The van der Waals surface area contributed by atoms with Crippen LogP contribution >= 0.6 is 11.3 Å². The first-order valence-electron chi connectivity index (χ1n) is 12.2. The van der Waals surface area contributed by atoms with Gasteiger partial charge in [0, 0.05) is 24.7 Å². The first-order valence-corrected chi connectivity index (χ1v) is 13.0. The van der Waals surface area contributed by atoms with E-state index in [1.54, 1.807) is 62.9 Å². The molecule has 3 rings (SSSR count). The van der Waals surface area contributed by atoms with E-state index in [0.717, 1.165) is 11.3 Å². The van der Waals surface area contributed by atoms with Gasteiger partial charge in [0.25, 0.3) is 5.91 Å². The highest BCUT2D eigenvalue weighted by atomic mass is 32.1. The monoisotopic (exact) mass is 540 g/mol. The van der Waals surface area contributed by atoms with Gasteiger partial charge in [-0.3, -0.25) is 4.79 Å². The molecule has 1 aromatic heterocycles. The number of likely N-dealkylation sites (tertiary alicyclic amines) is 1. The van der Waals surface area contributed by atoms with Crippen LogP contribution in [0.2, 0.25) is 0 Å². The Bertz CT molecular complexity index is 1250. The number of thiophene rings is 1. The number of carbonyl (C=O) groups is 4. The number of ether oxygens (including phenoxy) is 2. The van der Waals surface area contributed by atoms with Gasteiger partial charge in [-0.25, -0.2) is 14.4 Å². The van der Waals surface area contributed by atoms with Crippen molar-refractivity contribution in [2.75, 3.05) is 25.0 Å². The van der Waals surface area contributed by atoms with Crippen LogP contribution in [0.3, 0.4) is 0 Å². The molecular formula is C27H32N4O6S. The second-order valence-corrected chi connectivity index (χ2v) is 10.7. The van der Waals surface area contributed by atoms with Gasteiger partial charge in [-0.05, 0) is 70.9 Å². The van der Waals surface area contributed by atoms with Crippen LogP contribution in [0.5, 0.6) is 0 Å². The molecule has 4 amide bonds. The van der Waals surface area contributed by atoms with Crippen molar-refractivity contribution in [1.29, 1.82) is 0 Å². The summed E-state index contributed by atoms with van der Waals surface area (Å²) in [6.45, 7) is 8.31. The van der Waals surface area contributed by atoms with Crippen LogP contribution in [0.15, 0.2) is 30.3 Å². The summed E-state index contributed by atoms with van der Waals surface area (Å²) in [6.07, 6.45) is 0.993. The van der Waals surface area contributed by atoms with E-state index in [0.29, 0.717) is 48.5 Å². The Balaban J connectivity index is 1.73. The van der Waals surface area contributed by atoms with Crippen LogP contribution in [0.25, 0.3) is 0 Å². The number of nitrogens with two attached hydrogens (primary N) is 1. The van der Waals surface area contributed by atoms with Crippen molar-refractivity contribution in [1.82, 2.24) is 10.2 Å². The fourth-order valence-corrected chi connectivity index (χ4v) is 4.59. The number of anilines is 1. The van der Waals surface area contributed by atoms with Gasteiger partial charge in [0.2, 0.25) is 0 Å².